The van der Waals surface area contributed by atoms with Gasteiger partial charge in [0.2, 0.25) is 5.91 Å². The van der Waals surface area contributed by atoms with E-state index in [1.165, 1.54) is 6.07 Å². The van der Waals surface area contributed by atoms with E-state index in [1.807, 2.05) is 0 Å². The molecule has 1 aromatic rings. The minimum Gasteiger partial charge on any atom is -0.394 e. The Morgan fingerprint density at radius 2 is 2.08 bits per heavy atom. The predicted molar refractivity (Wildman–Crippen MR) is 87.9 cm³/mol. The van der Waals surface area contributed by atoms with Crippen LogP contribution in [0.4, 0.5) is 0 Å². The van der Waals surface area contributed by atoms with Gasteiger partial charge in [-0.2, -0.15) is 0 Å². The highest BCUT2D eigenvalue weighted by Crippen LogP contribution is 2.09. The van der Waals surface area contributed by atoms with Crippen molar-refractivity contribution in [1.82, 2.24) is 15.5 Å². The van der Waals surface area contributed by atoms with Crippen LogP contribution in [0.2, 0.25) is 0 Å². The van der Waals surface area contributed by atoms with Crippen LogP contribution in [0.3, 0.4) is 0 Å². The lowest BCUT2D eigenvalue weighted by atomic mass is 10.2. The molecule has 9 heteroatoms. The fourth-order valence-electron chi connectivity index (χ4n) is 2.22. The predicted octanol–water partition coefficient (Wildman–Crippen LogP) is -1.14. The zero-order chi connectivity index (χ0) is 17.4. The first-order chi connectivity index (χ1) is 11.6. The van der Waals surface area contributed by atoms with Crippen molar-refractivity contribution in [2.24, 2.45) is 0 Å². The van der Waals surface area contributed by atoms with Gasteiger partial charge >= 0.3 is 0 Å². The van der Waals surface area contributed by atoms with E-state index >= 15 is 0 Å². The van der Waals surface area contributed by atoms with E-state index in [2.05, 4.69) is 15.5 Å². The van der Waals surface area contributed by atoms with Crippen LogP contribution in [0.25, 0.3) is 0 Å². The molecule has 2 amide bonds. The summed E-state index contributed by atoms with van der Waals surface area (Å²) in [5.41, 5.74) is 0. The van der Waals surface area contributed by atoms with Crippen LogP contribution in [-0.2, 0) is 14.3 Å². The first-order valence-corrected chi connectivity index (χ1v) is 8.57. The summed E-state index contributed by atoms with van der Waals surface area (Å²) in [6, 6.07) is 2.04. The minimum absolute atomic E-state index is 0.289. The number of ether oxygens (including phenoxy) is 1. The second kappa shape index (κ2) is 9.48. The maximum absolute atomic E-state index is 12.0. The van der Waals surface area contributed by atoms with Gasteiger partial charge in [0.05, 0.1) is 24.7 Å². The fourth-order valence-corrected chi connectivity index (χ4v) is 2.88. The van der Waals surface area contributed by atoms with Crippen molar-refractivity contribution in [1.29, 1.82) is 0 Å². The topological polar surface area (TPSA) is 108 Å². The molecule has 1 atom stereocenters. The van der Waals surface area contributed by atoms with E-state index in [0.29, 0.717) is 26.3 Å². The first-order valence-electron chi connectivity index (χ1n) is 7.69. The van der Waals surface area contributed by atoms with Crippen LogP contribution < -0.4 is 10.6 Å². The molecule has 0 aliphatic carbocycles. The third-order valence-corrected chi connectivity index (χ3v) is 4.46. The van der Waals surface area contributed by atoms with Crippen LogP contribution in [-0.4, -0.2) is 79.6 Å². The summed E-state index contributed by atoms with van der Waals surface area (Å²) in [4.78, 5) is 38.2. The number of ketones is 1. The molecule has 0 saturated carbocycles. The van der Waals surface area contributed by atoms with Crippen LogP contribution in [0.5, 0.6) is 0 Å². The zero-order valence-electron chi connectivity index (χ0n) is 13.2. The van der Waals surface area contributed by atoms with Crippen molar-refractivity contribution in [3.8, 4) is 0 Å². The largest absolute Gasteiger partial charge is 0.394 e. The molecule has 1 aliphatic rings. The summed E-state index contributed by atoms with van der Waals surface area (Å²) in [5.74, 6) is -2.14. The molecule has 0 spiro atoms. The number of amides is 2. The number of nitrogens with zero attached hydrogens (tertiary/aromatic N) is 1. The van der Waals surface area contributed by atoms with E-state index in [4.69, 9.17) is 4.74 Å². The Morgan fingerprint density at radius 1 is 1.33 bits per heavy atom. The lowest BCUT2D eigenvalue weighted by Crippen LogP contribution is -2.52. The van der Waals surface area contributed by atoms with Gasteiger partial charge in [-0.15, -0.1) is 11.3 Å². The Bertz CT molecular complexity index is 557. The summed E-state index contributed by atoms with van der Waals surface area (Å²) in [5, 5.41) is 15.9. The number of thiophene rings is 1. The number of hydrogen-bond acceptors (Lipinski definition) is 7. The highest BCUT2D eigenvalue weighted by atomic mass is 32.1. The molecule has 2 rings (SSSR count). The molecular weight excluding hydrogens is 334 g/mol. The molecule has 1 aromatic heterocycles. The number of aliphatic hydroxyl groups is 1. The van der Waals surface area contributed by atoms with Gasteiger partial charge in [0.1, 0.15) is 6.04 Å². The fraction of sp³-hybridized carbons (Fsp3) is 0.533. The summed E-state index contributed by atoms with van der Waals surface area (Å²) in [6.45, 7) is 3.45. The Hall–Kier alpha value is -1.81. The number of rotatable bonds is 8. The number of aliphatic hydroxyl groups excluding tert-OH is 1. The molecule has 2 heterocycles. The summed E-state index contributed by atoms with van der Waals surface area (Å²) in [7, 11) is 0. The number of morpholine rings is 1. The maximum atomic E-state index is 12.0. The Morgan fingerprint density at radius 3 is 2.71 bits per heavy atom. The van der Waals surface area contributed by atoms with Gasteiger partial charge in [-0.3, -0.25) is 19.3 Å². The summed E-state index contributed by atoms with van der Waals surface area (Å²) >= 11 is 1.14. The van der Waals surface area contributed by atoms with Crippen molar-refractivity contribution in [3.05, 3.63) is 22.4 Å². The molecule has 1 fully saturated rings. The average molecular weight is 355 g/mol. The average Bonchev–Trinajstić information content (AvgIpc) is 3.14. The van der Waals surface area contributed by atoms with Gasteiger partial charge in [-0.1, -0.05) is 6.07 Å². The van der Waals surface area contributed by atoms with Gasteiger partial charge in [0.25, 0.3) is 11.7 Å². The van der Waals surface area contributed by atoms with Crippen LogP contribution in [0, 0.1) is 0 Å². The van der Waals surface area contributed by atoms with Crippen molar-refractivity contribution in [2.45, 2.75) is 6.04 Å². The van der Waals surface area contributed by atoms with E-state index < -0.39 is 30.2 Å². The lowest BCUT2D eigenvalue weighted by molar-refractivity contribution is -0.128. The first kappa shape index (κ1) is 18.5. The highest BCUT2D eigenvalue weighted by Gasteiger charge is 2.24. The summed E-state index contributed by atoms with van der Waals surface area (Å²) in [6.07, 6.45) is 0. The molecule has 132 valence electrons. The molecule has 1 aliphatic heterocycles. The van der Waals surface area contributed by atoms with E-state index in [-0.39, 0.29) is 4.88 Å². The quantitative estimate of drug-likeness (QED) is 0.402. The van der Waals surface area contributed by atoms with Crippen LogP contribution in [0.1, 0.15) is 9.67 Å². The number of carbonyl (C=O) groups is 3. The molecule has 1 unspecified atom stereocenters. The van der Waals surface area contributed by atoms with Crippen molar-refractivity contribution in [2.75, 3.05) is 46.0 Å². The minimum atomic E-state index is -1.15. The highest BCUT2D eigenvalue weighted by molar-refractivity contribution is 7.13. The lowest BCUT2D eigenvalue weighted by Gasteiger charge is -2.26. The van der Waals surface area contributed by atoms with Crippen molar-refractivity contribution < 1.29 is 24.2 Å². The van der Waals surface area contributed by atoms with Gasteiger partial charge < -0.3 is 20.5 Å². The van der Waals surface area contributed by atoms with Gasteiger partial charge in [0.15, 0.2) is 0 Å². The van der Waals surface area contributed by atoms with Crippen LogP contribution in [0.15, 0.2) is 17.5 Å². The number of carbonyl (C=O) groups excluding carboxylic acids is 3. The number of nitrogens with one attached hydrogen (secondary N) is 2. The standard InChI is InChI=1S/C15H21N3O5S/c19-10-11(17-15(22)13(20)12-2-1-9-24-12)14(21)16-3-4-18-5-7-23-8-6-18/h1-2,9,11,19H,3-8,10H2,(H,16,21)(H,17,22). The monoisotopic (exact) mass is 355 g/mol. The SMILES string of the molecule is O=C(NC(CO)C(=O)NCCN1CCOCC1)C(=O)c1cccs1. The smallest absolute Gasteiger partial charge is 0.293 e. The molecule has 3 N–H and O–H groups in total. The Balaban J connectivity index is 1.76. The third kappa shape index (κ3) is 5.38. The molecule has 8 nitrogen and oxygen atoms in total. The molecular formula is C15H21N3O5S. The Kier molecular flexibility index (Phi) is 7.32. The second-order valence-electron chi connectivity index (χ2n) is 5.26. The van der Waals surface area contributed by atoms with Gasteiger partial charge in [-0.25, -0.2) is 0 Å². The van der Waals surface area contributed by atoms with E-state index in [1.54, 1.807) is 11.4 Å². The second-order valence-corrected chi connectivity index (χ2v) is 6.21. The van der Waals surface area contributed by atoms with Crippen molar-refractivity contribution in [3.63, 3.8) is 0 Å². The third-order valence-electron chi connectivity index (χ3n) is 3.59. The van der Waals surface area contributed by atoms with Crippen LogP contribution >= 0.6 is 11.3 Å². The number of Topliss-reactive ketones (excluding diaryl/α,β-unsaturated/α-hetero) is 1. The molecule has 0 aromatic carbocycles. The normalized spacial score (nSPS) is 16.4. The Labute approximate surface area is 143 Å². The van der Waals surface area contributed by atoms with E-state index in [0.717, 1.165) is 24.4 Å². The number of hydrogen-bond donors (Lipinski definition) is 3. The summed E-state index contributed by atoms with van der Waals surface area (Å²) < 4.78 is 5.24. The van der Waals surface area contributed by atoms with Gasteiger partial charge in [-0.05, 0) is 11.4 Å². The molecule has 24 heavy (non-hydrogen) atoms. The van der Waals surface area contributed by atoms with E-state index in [9.17, 15) is 19.5 Å². The molecule has 1 saturated heterocycles. The molecule has 0 bridgehead atoms. The molecule has 0 radical (unpaired) electrons. The van der Waals surface area contributed by atoms with Crippen molar-refractivity contribution >= 4 is 28.9 Å². The van der Waals surface area contributed by atoms with Gasteiger partial charge in [0, 0.05) is 26.2 Å². The zero-order valence-corrected chi connectivity index (χ0v) is 14.0. The maximum Gasteiger partial charge on any atom is 0.293 e.